The van der Waals surface area contributed by atoms with Crippen LogP contribution in [0.5, 0.6) is 11.5 Å². The van der Waals surface area contributed by atoms with Crippen LogP contribution in [0.2, 0.25) is 0 Å². The Morgan fingerprint density at radius 1 is 0.458 bits per heavy atom. The van der Waals surface area contributed by atoms with Gasteiger partial charge < -0.3 is 14.5 Å². The molecule has 2 heterocycles. The van der Waals surface area contributed by atoms with E-state index in [2.05, 4.69) is 224 Å². The van der Waals surface area contributed by atoms with Gasteiger partial charge in [0.1, 0.15) is 11.5 Å². The molecule has 278 valence electrons. The summed E-state index contributed by atoms with van der Waals surface area (Å²) in [5.74, 6) is 1.87. The third-order valence-electron chi connectivity index (χ3n) is 12.9. The zero-order valence-electron chi connectivity index (χ0n) is 32.9. The van der Waals surface area contributed by atoms with Gasteiger partial charge in [0.15, 0.2) is 0 Å². The van der Waals surface area contributed by atoms with Crippen molar-refractivity contribution in [1.82, 2.24) is 0 Å². The predicted octanol–water partition coefficient (Wildman–Crippen LogP) is 12.7. The Bertz CT molecular complexity index is 3110. The average Bonchev–Trinajstić information content (AvgIpc) is 3.49. The van der Waals surface area contributed by atoms with E-state index in [4.69, 9.17) is 4.74 Å². The van der Waals surface area contributed by atoms with Gasteiger partial charge in [-0.15, -0.1) is 0 Å². The molecule has 0 aromatic heterocycles. The molecule has 2 aliphatic heterocycles. The molecule has 0 saturated carbocycles. The van der Waals surface area contributed by atoms with Gasteiger partial charge in [-0.05, 0) is 145 Å². The summed E-state index contributed by atoms with van der Waals surface area (Å²) in [5, 5.41) is 2.45. The molecular formula is C55H39BN2O. The van der Waals surface area contributed by atoms with Crippen molar-refractivity contribution < 1.29 is 4.74 Å². The lowest BCUT2D eigenvalue weighted by Gasteiger charge is -2.40. The Kier molecular flexibility index (Phi) is 7.37. The minimum Gasteiger partial charge on any atom is -0.458 e. The molecular weight excluding hydrogens is 715 g/mol. The molecule has 0 unspecified atom stereocenters. The van der Waals surface area contributed by atoms with Crippen molar-refractivity contribution in [3.8, 4) is 33.8 Å². The quantitative estimate of drug-likeness (QED) is 0.163. The summed E-state index contributed by atoms with van der Waals surface area (Å²) in [4.78, 5) is 4.75. The van der Waals surface area contributed by atoms with E-state index in [1.807, 2.05) is 0 Å². The van der Waals surface area contributed by atoms with Gasteiger partial charge in [0.25, 0.3) is 6.71 Å². The maximum absolute atomic E-state index is 6.95. The second kappa shape index (κ2) is 12.9. The Morgan fingerprint density at radius 3 is 1.88 bits per heavy atom. The molecule has 0 N–H and O–H groups in total. The van der Waals surface area contributed by atoms with Crippen LogP contribution in [0.3, 0.4) is 0 Å². The van der Waals surface area contributed by atoms with E-state index in [1.54, 1.807) is 0 Å². The van der Waals surface area contributed by atoms with E-state index in [0.717, 1.165) is 34.2 Å². The van der Waals surface area contributed by atoms with Crippen molar-refractivity contribution in [2.75, 3.05) is 9.80 Å². The molecule has 0 saturated heterocycles. The Morgan fingerprint density at radius 2 is 1.08 bits per heavy atom. The normalized spacial score (nSPS) is 13.8. The minimum absolute atomic E-state index is 0.0540. The summed E-state index contributed by atoms with van der Waals surface area (Å²) in [6.07, 6.45) is 0. The Balaban J connectivity index is 0.968. The van der Waals surface area contributed by atoms with Crippen LogP contribution in [0, 0.1) is 0 Å². The number of rotatable bonds is 5. The number of nitrogens with zero attached hydrogens (tertiary/aromatic N) is 2. The SMILES string of the molecule is CC1(C)c2cc3c(cc2-c2cc4ccc(N(c5ccccc5)c5ccc(-c6ccccc6)cc5)cc4cc21)Oc1cccc2c1B3c1ccccc1N2c1ccccc1. The van der Waals surface area contributed by atoms with E-state index in [-0.39, 0.29) is 12.1 Å². The van der Waals surface area contributed by atoms with Crippen LogP contribution in [0.1, 0.15) is 25.0 Å². The van der Waals surface area contributed by atoms with E-state index >= 15 is 0 Å². The topological polar surface area (TPSA) is 15.7 Å². The molecule has 0 radical (unpaired) electrons. The van der Waals surface area contributed by atoms with Gasteiger partial charge in [-0.2, -0.15) is 0 Å². The molecule has 3 aliphatic rings. The van der Waals surface area contributed by atoms with Crippen LogP contribution in [0.15, 0.2) is 200 Å². The number of anilines is 6. The third-order valence-corrected chi connectivity index (χ3v) is 12.9. The Labute approximate surface area is 345 Å². The summed E-state index contributed by atoms with van der Waals surface area (Å²) >= 11 is 0. The third kappa shape index (κ3) is 5.16. The van der Waals surface area contributed by atoms with E-state index < -0.39 is 0 Å². The van der Waals surface area contributed by atoms with Crippen molar-refractivity contribution in [3.63, 3.8) is 0 Å². The number of fused-ring (bicyclic) bond motifs is 8. The molecule has 3 nitrogen and oxygen atoms in total. The second-order valence-corrected chi connectivity index (χ2v) is 16.5. The molecule has 0 amide bonds. The summed E-state index contributed by atoms with van der Waals surface area (Å²) in [7, 11) is 0. The fourth-order valence-electron chi connectivity index (χ4n) is 10.0. The molecule has 9 aromatic rings. The monoisotopic (exact) mass is 754 g/mol. The van der Waals surface area contributed by atoms with Crippen molar-refractivity contribution in [3.05, 3.63) is 211 Å². The van der Waals surface area contributed by atoms with Crippen LogP contribution in [0.25, 0.3) is 33.0 Å². The van der Waals surface area contributed by atoms with Gasteiger partial charge in [0.2, 0.25) is 0 Å². The fourth-order valence-corrected chi connectivity index (χ4v) is 10.0. The van der Waals surface area contributed by atoms with Crippen molar-refractivity contribution in [1.29, 1.82) is 0 Å². The number of ether oxygens (including phenoxy) is 1. The van der Waals surface area contributed by atoms with Gasteiger partial charge in [-0.25, -0.2) is 0 Å². The largest absolute Gasteiger partial charge is 0.458 e. The number of hydrogen-bond donors (Lipinski definition) is 0. The molecule has 59 heavy (non-hydrogen) atoms. The molecule has 0 bridgehead atoms. The van der Waals surface area contributed by atoms with E-state index in [9.17, 15) is 0 Å². The average molecular weight is 755 g/mol. The van der Waals surface area contributed by atoms with Gasteiger partial charge in [-0.1, -0.05) is 129 Å². The van der Waals surface area contributed by atoms with Crippen molar-refractivity contribution >= 4 is 68.0 Å². The van der Waals surface area contributed by atoms with Crippen LogP contribution < -0.4 is 30.9 Å². The maximum atomic E-state index is 6.95. The molecule has 4 heteroatoms. The summed E-state index contributed by atoms with van der Waals surface area (Å²) in [6.45, 7) is 4.83. The van der Waals surface area contributed by atoms with Gasteiger partial charge in [0, 0.05) is 39.5 Å². The highest BCUT2D eigenvalue weighted by molar-refractivity contribution is 6.99. The van der Waals surface area contributed by atoms with E-state index in [0.29, 0.717) is 0 Å². The zero-order valence-corrected chi connectivity index (χ0v) is 32.9. The van der Waals surface area contributed by atoms with Crippen LogP contribution in [-0.4, -0.2) is 6.71 Å². The first-order valence-corrected chi connectivity index (χ1v) is 20.5. The lowest BCUT2D eigenvalue weighted by atomic mass is 9.34. The second-order valence-electron chi connectivity index (χ2n) is 16.5. The summed E-state index contributed by atoms with van der Waals surface area (Å²) in [6, 6.07) is 72.8. The number of hydrogen-bond acceptors (Lipinski definition) is 3. The first-order chi connectivity index (χ1) is 29.0. The van der Waals surface area contributed by atoms with Crippen LogP contribution in [-0.2, 0) is 5.41 Å². The molecule has 0 atom stereocenters. The molecule has 9 aromatic carbocycles. The lowest BCUT2D eigenvalue weighted by Crippen LogP contribution is -2.59. The van der Waals surface area contributed by atoms with Crippen molar-refractivity contribution in [2.24, 2.45) is 0 Å². The smallest absolute Gasteiger partial charge is 0.256 e. The first-order valence-electron chi connectivity index (χ1n) is 20.5. The number of benzene rings is 9. The highest BCUT2D eigenvalue weighted by Gasteiger charge is 2.44. The predicted molar refractivity (Wildman–Crippen MR) is 247 cm³/mol. The molecule has 12 rings (SSSR count). The van der Waals surface area contributed by atoms with E-state index in [1.165, 1.54) is 71.9 Å². The fraction of sp³-hybridized carbons (Fsp3) is 0.0545. The van der Waals surface area contributed by atoms with Crippen LogP contribution in [0.4, 0.5) is 34.1 Å². The van der Waals surface area contributed by atoms with Gasteiger partial charge in [-0.3, -0.25) is 0 Å². The minimum atomic E-state index is -0.222. The molecule has 0 fully saturated rings. The maximum Gasteiger partial charge on any atom is 0.256 e. The van der Waals surface area contributed by atoms with Crippen molar-refractivity contribution in [2.45, 2.75) is 19.3 Å². The summed E-state index contributed by atoms with van der Waals surface area (Å²) < 4.78 is 6.95. The van der Waals surface area contributed by atoms with Gasteiger partial charge in [0.05, 0.1) is 0 Å². The lowest BCUT2D eigenvalue weighted by molar-refractivity contribution is 0.487. The summed E-state index contributed by atoms with van der Waals surface area (Å²) in [5.41, 5.74) is 18.1. The van der Waals surface area contributed by atoms with Gasteiger partial charge >= 0.3 is 0 Å². The Hall–Kier alpha value is -7.30. The number of para-hydroxylation sites is 3. The van der Waals surface area contributed by atoms with Crippen LogP contribution >= 0.6 is 0 Å². The highest BCUT2D eigenvalue weighted by atomic mass is 16.5. The first kappa shape index (κ1) is 33.8. The molecule has 1 aliphatic carbocycles. The highest BCUT2D eigenvalue weighted by Crippen LogP contribution is 2.52. The zero-order chi connectivity index (χ0) is 39.2. The standard InChI is InChI=1S/C55H39BN2O/c1-55(2)46-33-39-31-43(57(40-17-8-4-9-18-40)42-28-25-37(26-29-42)36-15-6-3-7-16-36)30-27-38(39)32-44(46)45-34-53-49(35-47(45)55)56-48-21-12-13-22-50(48)58(41-19-10-5-11-20-41)51-23-14-24-52(59-53)54(51)56/h3-35H,1-2H3. The molecule has 0 spiro atoms.